The summed E-state index contributed by atoms with van der Waals surface area (Å²) in [7, 11) is 1.69. The molecule has 1 N–H and O–H groups in total. The quantitative estimate of drug-likeness (QED) is 0.744. The molecule has 0 atom stereocenters. The van der Waals surface area contributed by atoms with Crippen LogP contribution in [0.1, 0.15) is 17.5 Å². The molecule has 0 aliphatic carbocycles. The van der Waals surface area contributed by atoms with Gasteiger partial charge in [-0.15, -0.1) is 0 Å². The molecule has 1 aliphatic rings. The third-order valence-electron chi connectivity index (χ3n) is 4.86. The second kappa shape index (κ2) is 7.58. The fourth-order valence-corrected chi connectivity index (χ4v) is 3.32. The molecule has 4 nitrogen and oxygen atoms in total. The molecule has 4 heteroatoms. The van der Waals surface area contributed by atoms with Gasteiger partial charge in [0, 0.05) is 37.4 Å². The summed E-state index contributed by atoms with van der Waals surface area (Å²) in [5.74, 6) is 0.891. The van der Waals surface area contributed by atoms with Crippen molar-refractivity contribution in [2.45, 2.75) is 13.0 Å². The third kappa shape index (κ3) is 3.70. The zero-order chi connectivity index (χ0) is 17.8. The van der Waals surface area contributed by atoms with Crippen molar-refractivity contribution in [3.63, 3.8) is 0 Å². The number of ether oxygens (including phenoxy) is 1. The number of pyridine rings is 1. The van der Waals surface area contributed by atoms with E-state index in [0.29, 0.717) is 0 Å². The molecule has 3 heterocycles. The Bertz CT molecular complexity index is 937. The van der Waals surface area contributed by atoms with Crippen LogP contribution in [0.2, 0.25) is 0 Å². The average Bonchev–Trinajstić information content (AvgIpc) is 3.11. The largest absolute Gasteiger partial charge is 0.497 e. The number of H-pyrrole nitrogens is 1. The van der Waals surface area contributed by atoms with E-state index in [4.69, 9.17) is 4.74 Å². The zero-order valence-corrected chi connectivity index (χ0v) is 15.0. The van der Waals surface area contributed by atoms with Crippen LogP contribution in [0.15, 0.2) is 66.5 Å². The summed E-state index contributed by atoms with van der Waals surface area (Å²) in [6.07, 6.45) is 11.7. The average molecular weight is 345 g/mol. The summed E-state index contributed by atoms with van der Waals surface area (Å²) in [6, 6.07) is 12.3. The second-order valence-electron chi connectivity index (χ2n) is 6.58. The van der Waals surface area contributed by atoms with Gasteiger partial charge < -0.3 is 9.72 Å². The molecule has 0 amide bonds. The van der Waals surface area contributed by atoms with E-state index in [-0.39, 0.29) is 0 Å². The summed E-state index contributed by atoms with van der Waals surface area (Å²) in [5.41, 5.74) is 4.88. The molecule has 4 rings (SSSR count). The van der Waals surface area contributed by atoms with Crippen molar-refractivity contribution in [3.8, 4) is 5.75 Å². The van der Waals surface area contributed by atoms with Crippen LogP contribution < -0.4 is 4.74 Å². The summed E-state index contributed by atoms with van der Waals surface area (Å²) in [4.78, 5) is 10.1. The number of hydrogen-bond acceptors (Lipinski definition) is 3. The van der Waals surface area contributed by atoms with Crippen molar-refractivity contribution in [1.29, 1.82) is 0 Å². The maximum atomic E-state index is 5.20. The van der Waals surface area contributed by atoms with Gasteiger partial charge in [-0.2, -0.15) is 0 Å². The van der Waals surface area contributed by atoms with Gasteiger partial charge in [0.25, 0.3) is 0 Å². The summed E-state index contributed by atoms with van der Waals surface area (Å²) < 4.78 is 5.20. The van der Waals surface area contributed by atoms with Crippen LogP contribution >= 0.6 is 0 Å². The van der Waals surface area contributed by atoms with E-state index in [0.717, 1.165) is 37.5 Å². The molecule has 0 spiro atoms. The first-order chi connectivity index (χ1) is 12.8. The Morgan fingerprint density at radius 1 is 1.19 bits per heavy atom. The Morgan fingerprint density at radius 3 is 2.85 bits per heavy atom. The van der Waals surface area contributed by atoms with Gasteiger partial charge >= 0.3 is 0 Å². The van der Waals surface area contributed by atoms with E-state index < -0.39 is 0 Å². The highest BCUT2D eigenvalue weighted by Gasteiger charge is 2.13. The molecule has 26 heavy (non-hydrogen) atoms. The highest BCUT2D eigenvalue weighted by Crippen LogP contribution is 2.21. The fraction of sp³-hybridized carbons (Fsp3) is 0.227. The highest BCUT2D eigenvalue weighted by molar-refractivity contribution is 5.79. The van der Waals surface area contributed by atoms with Crippen LogP contribution in [0.4, 0.5) is 0 Å². The Kier molecular flexibility index (Phi) is 4.84. The SMILES string of the molecule is COc1ccc(C=CC2=CCN(Cc3c[nH]c4ncccc34)CC2)cc1. The molecule has 0 saturated carbocycles. The predicted octanol–water partition coefficient (Wildman–Crippen LogP) is 4.42. The minimum atomic E-state index is 0.891. The summed E-state index contributed by atoms with van der Waals surface area (Å²) >= 11 is 0. The molecule has 132 valence electrons. The molecule has 0 fully saturated rings. The van der Waals surface area contributed by atoms with E-state index >= 15 is 0 Å². The van der Waals surface area contributed by atoms with Gasteiger partial charge in [0.15, 0.2) is 0 Å². The number of benzene rings is 1. The number of fused-ring (bicyclic) bond motifs is 1. The summed E-state index contributed by atoms with van der Waals surface area (Å²) in [5, 5.41) is 1.22. The number of aromatic amines is 1. The van der Waals surface area contributed by atoms with E-state index in [1.807, 2.05) is 24.4 Å². The van der Waals surface area contributed by atoms with Crippen molar-refractivity contribution < 1.29 is 4.74 Å². The molecule has 0 saturated heterocycles. The third-order valence-corrected chi connectivity index (χ3v) is 4.86. The Hall–Kier alpha value is -2.85. The van der Waals surface area contributed by atoms with Gasteiger partial charge in [0.2, 0.25) is 0 Å². The minimum Gasteiger partial charge on any atom is -0.497 e. The maximum Gasteiger partial charge on any atom is 0.137 e. The lowest BCUT2D eigenvalue weighted by atomic mass is 10.1. The van der Waals surface area contributed by atoms with Crippen molar-refractivity contribution in [2.24, 2.45) is 0 Å². The van der Waals surface area contributed by atoms with Crippen LogP contribution in [0.3, 0.4) is 0 Å². The molecule has 1 aromatic carbocycles. The first kappa shape index (κ1) is 16.6. The smallest absolute Gasteiger partial charge is 0.137 e. The van der Waals surface area contributed by atoms with Gasteiger partial charge in [-0.05, 0) is 47.4 Å². The van der Waals surface area contributed by atoms with Crippen molar-refractivity contribution in [1.82, 2.24) is 14.9 Å². The number of rotatable bonds is 5. The molecule has 0 unspecified atom stereocenters. The zero-order valence-electron chi connectivity index (χ0n) is 15.0. The highest BCUT2D eigenvalue weighted by atomic mass is 16.5. The first-order valence-corrected chi connectivity index (χ1v) is 8.96. The van der Waals surface area contributed by atoms with E-state index in [9.17, 15) is 0 Å². The second-order valence-corrected chi connectivity index (χ2v) is 6.58. The van der Waals surface area contributed by atoms with Gasteiger partial charge in [0.1, 0.15) is 11.4 Å². The number of allylic oxidation sites excluding steroid dienone is 1. The number of hydrogen-bond donors (Lipinski definition) is 1. The van der Waals surface area contributed by atoms with Crippen molar-refractivity contribution in [2.75, 3.05) is 20.2 Å². The predicted molar refractivity (Wildman–Crippen MR) is 106 cm³/mol. The van der Waals surface area contributed by atoms with Crippen molar-refractivity contribution in [3.05, 3.63) is 77.6 Å². The minimum absolute atomic E-state index is 0.891. The maximum absolute atomic E-state index is 5.20. The molecular formula is C22H23N3O. The molecule has 3 aromatic rings. The van der Waals surface area contributed by atoms with Crippen LogP contribution in [0.5, 0.6) is 5.75 Å². The first-order valence-electron chi connectivity index (χ1n) is 8.96. The van der Waals surface area contributed by atoms with Gasteiger partial charge in [-0.25, -0.2) is 4.98 Å². The number of nitrogens with one attached hydrogen (secondary N) is 1. The molecule has 0 radical (unpaired) electrons. The normalized spacial score (nSPS) is 15.5. The monoisotopic (exact) mass is 345 g/mol. The lowest BCUT2D eigenvalue weighted by Gasteiger charge is -2.25. The molecule has 0 bridgehead atoms. The van der Waals surface area contributed by atoms with E-state index in [2.05, 4.69) is 57.5 Å². The number of methoxy groups -OCH3 is 1. The van der Waals surface area contributed by atoms with E-state index in [1.165, 1.54) is 22.1 Å². The summed E-state index contributed by atoms with van der Waals surface area (Å²) in [6.45, 7) is 3.01. The molecule has 1 aliphatic heterocycles. The van der Waals surface area contributed by atoms with Crippen LogP contribution in [0, 0.1) is 0 Å². The Balaban J connectivity index is 1.37. The Labute approximate surface area is 153 Å². The van der Waals surface area contributed by atoms with Gasteiger partial charge in [-0.3, -0.25) is 4.90 Å². The fourth-order valence-electron chi connectivity index (χ4n) is 3.32. The lowest BCUT2D eigenvalue weighted by Crippen LogP contribution is -2.27. The topological polar surface area (TPSA) is 41.1 Å². The Morgan fingerprint density at radius 2 is 2.08 bits per heavy atom. The van der Waals surface area contributed by atoms with Crippen LogP contribution in [-0.4, -0.2) is 35.1 Å². The van der Waals surface area contributed by atoms with Gasteiger partial charge in [-0.1, -0.05) is 30.4 Å². The lowest BCUT2D eigenvalue weighted by molar-refractivity contribution is 0.288. The van der Waals surface area contributed by atoms with Crippen LogP contribution in [-0.2, 0) is 6.54 Å². The number of aromatic nitrogens is 2. The van der Waals surface area contributed by atoms with Gasteiger partial charge in [0.05, 0.1) is 7.11 Å². The molecule has 2 aromatic heterocycles. The van der Waals surface area contributed by atoms with E-state index in [1.54, 1.807) is 7.11 Å². The van der Waals surface area contributed by atoms with Crippen LogP contribution in [0.25, 0.3) is 17.1 Å². The van der Waals surface area contributed by atoms with Crippen molar-refractivity contribution >= 4 is 17.1 Å². The number of nitrogens with zero attached hydrogens (tertiary/aromatic N) is 2. The molecular weight excluding hydrogens is 322 g/mol. The standard InChI is InChI=1S/C22H23N3O/c1-26-20-8-6-17(7-9-20)4-5-18-10-13-25(14-11-18)16-19-15-24-22-21(19)3-2-12-23-22/h2-10,12,15H,11,13-14,16H2,1H3,(H,23,24).